The van der Waals surface area contributed by atoms with Crippen molar-refractivity contribution in [2.75, 3.05) is 6.54 Å². The van der Waals surface area contributed by atoms with Crippen molar-refractivity contribution in [3.8, 4) is 5.75 Å². The molecule has 5 heteroatoms. The molecular weight excluding hydrogens is 292 g/mol. The van der Waals surface area contributed by atoms with Gasteiger partial charge in [0.05, 0.1) is 0 Å². The number of rotatable bonds is 7. The van der Waals surface area contributed by atoms with Crippen LogP contribution in [0.4, 0.5) is 0 Å². The van der Waals surface area contributed by atoms with Crippen molar-refractivity contribution < 1.29 is 14.3 Å². The Labute approximate surface area is 135 Å². The Morgan fingerprint density at radius 2 is 1.83 bits per heavy atom. The van der Waals surface area contributed by atoms with Gasteiger partial charge in [-0.25, -0.2) is 0 Å². The van der Waals surface area contributed by atoms with Gasteiger partial charge < -0.3 is 10.1 Å². The molecule has 0 aliphatic heterocycles. The lowest BCUT2D eigenvalue weighted by Crippen LogP contribution is -2.47. The number of pyridine rings is 1. The van der Waals surface area contributed by atoms with E-state index in [9.17, 15) is 9.59 Å². The molecule has 120 valence electrons. The second kappa shape index (κ2) is 7.54. The van der Waals surface area contributed by atoms with Crippen LogP contribution in [0, 0.1) is 0 Å². The molecule has 23 heavy (non-hydrogen) atoms. The minimum atomic E-state index is -0.999. The van der Waals surface area contributed by atoms with Crippen LogP contribution in [-0.4, -0.2) is 29.3 Å². The van der Waals surface area contributed by atoms with Gasteiger partial charge in [0.15, 0.2) is 5.60 Å². The molecule has 1 heterocycles. The lowest BCUT2D eigenvalue weighted by atomic mass is 10.1. The van der Waals surface area contributed by atoms with E-state index in [1.54, 1.807) is 50.5 Å². The summed E-state index contributed by atoms with van der Waals surface area (Å²) in [6.07, 6.45) is 4.96. The second-order valence-corrected chi connectivity index (χ2v) is 5.66. The molecule has 0 unspecified atom stereocenters. The van der Waals surface area contributed by atoms with E-state index in [2.05, 4.69) is 10.3 Å². The van der Waals surface area contributed by atoms with Crippen molar-refractivity contribution in [1.82, 2.24) is 10.3 Å². The molecule has 0 atom stereocenters. The summed E-state index contributed by atoms with van der Waals surface area (Å²) in [4.78, 5) is 26.9. The first-order chi connectivity index (χ1) is 11.0. The molecule has 1 amide bonds. The van der Waals surface area contributed by atoms with Crippen LogP contribution in [0.2, 0.25) is 0 Å². The number of hydrogen-bond donors (Lipinski definition) is 1. The first-order valence-electron chi connectivity index (χ1n) is 7.43. The standard InChI is InChI=1S/C18H20N2O3/c1-18(2,23-16-5-3-15(13-21)4-6-16)17(22)20-12-9-14-7-10-19-11-8-14/h3-8,10-11,13H,9,12H2,1-2H3,(H,20,22). The number of amides is 1. The van der Waals surface area contributed by atoms with Gasteiger partial charge in [0, 0.05) is 24.5 Å². The van der Waals surface area contributed by atoms with Gasteiger partial charge in [-0.05, 0) is 62.2 Å². The maximum absolute atomic E-state index is 12.3. The van der Waals surface area contributed by atoms with Crippen LogP contribution in [0.1, 0.15) is 29.8 Å². The third-order valence-corrected chi connectivity index (χ3v) is 3.38. The minimum Gasteiger partial charge on any atom is -0.478 e. The summed E-state index contributed by atoms with van der Waals surface area (Å²) in [7, 11) is 0. The number of aldehydes is 1. The Bertz CT molecular complexity index is 652. The molecule has 0 fully saturated rings. The number of nitrogens with zero attached hydrogens (tertiary/aromatic N) is 1. The number of nitrogens with one attached hydrogen (secondary N) is 1. The van der Waals surface area contributed by atoms with E-state index in [-0.39, 0.29) is 5.91 Å². The summed E-state index contributed by atoms with van der Waals surface area (Å²) in [5.41, 5.74) is 0.682. The topological polar surface area (TPSA) is 68.3 Å². The summed E-state index contributed by atoms with van der Waals surface area (Å²) in [5.74, 6) is 0.357. The molecule has 1 aromatic carbocycles. The fourth-order valence-corrected chi connectivity index (χ4v) is 2.04. The first kappa shape index (κ1) is 16.7. The highest BCUT2D eigenvalue weighted by molar-refractivity contribution is 5.84. The van der Waals surface area contributed by atoms with E-state index in [1.165, 1.54) is 0 Å². The minimum absolute atomic E-state index is 0.189. The summed E-state index contributed by atoms with van der Waals surface area (Å²) in [6.45, 7) is 3.95. The van der Waals surface area contributed by atoms with E-state index in [4.69, 9.17) is 4.74 Å². The summed E-state index contributed by atoms with van der Waals surface area (Å²) in [6, 6.07) is 10.5. The monoisotopic (exact) mass is 312 g/mol. The Hall–Kier alpha value is -2.69. The number of ether oxygens (including phenoxy) is 1. The van der Waals surface area contributed by atoms with Gasteiger partial charge in [0.25, 0.3) is 5.91 Å². The van der Waals surface area contributed by atoms with Crippen molar-refractivity contribution >= 4 is 12.2 Å². The third kappa shape index (κ3) is 4.92. The predicted octanol–water partition coefficient (Wildman–Crippen LogP) is 2.41. The van der Waals surface area contributed by atoms with E-state index < -0.39 is 5.60 Å². The highest BCUT2D eigenvalue weighted by atomic mass is 16.5. The Morgan fingerprint density at radius 3 is 2.43 bits per heavy atom. The zero-order valence-electron chi connectivity index (χ0n) is 13.3. The summed E-state index contributed by atoms with van der Waals surface area (Å²) in [5, 5.41) is 2.87. The summed E-state index contributed by atoms with van der Waals surface area (Å²) >= 11 is 0. The van der Waals surface area contributed by atoms with E-state index in [0.717, 1.165) is 18.3 Å². The van der Waals surface area contributed by atoms with Gasteiger partial charge in [-0.1, -0.05) is 0 Å². The van der Waals surface area contributed by atoms with Crippen molar-refractivity contribution in [3.05, 3.63) is 59.9 Å². The second-order valence-electron chi connectivity index (χ2n) is 5.66. The van der Waals surface area contributed by atoms with Gasteiger partial charge in [-0.15, -0.1) is 0 Å². The van der Waals surface area contributed by atoms with Crippen LogP contribution in [0.25, 0.3) is 0 Å². The molecule has 5 nitrogen and oxygen atoms in total. The molecule has 0 saturated heterocycles. The smallest absolute Gasteiger partial charge is 0.263 e. The molecule has 0 saturated carbocycles. The third-order valence-electron chi connectivity index (χ3n) is 3.38. The Balaban J connectivity index is 1.87. The molecule has 1 N–H and O–H groups in total. The largest absolute Gasteiger partial charge is 0.478 e. The van der Waals surface area contributed by atoms with Crippen LogP contribution < -0.4 is 10.1 Å². The first-order valence-corrected chi connectivity index (χ1v) is 7.43. The molecule has 0 spiro atoms. The van der Waals surface area contributed by atoms with Gasteiger partial charge in [0.1, 0.15) is 12.0 Å². The van der Waals surface area contributed by atoms with Crippen molar-refractivity contribution in [2.24, 2.45) is 0 Å². The van der Waals surface area contributed by atoms with Crippen molar-refractivity contribution in [3.63, 3.8) is 0 Å². The zero-order chi connectivity index (χ0) is 16.7. The quantitative estimate of drug-likeness (QED) is 0.797. The highest BCUT2D eigenvalue weighted by Gasteiger charge is 2.29. The Morgan fingerprint density at radius 1 is 1.17 bits per heavy atom. The number of carbonyl (C=O) groups excluding carboxylic acids is 2. The van der Waals surface area contributed by atoms with E-state index in [0.29, 0.717) is 17.9 Å². The van der Waals surface area contributed by atoms with Crippen LogP contribution in [0.5, 0.6) is 5.75 Å². The number of benzene rings is 1. The molecule has 0 aliphatic carbocycles. The fourth-order valence-electron chi connectivity index (χ4n) is 2.04. The number of carbonyl (C=O) groups is 2. The van der Waals surface area contributed by atoms with Gasteiger partial charge in [0.2, 0.25) is 0 Å². The van der Waals surface area contributed by atoms with Crippen molar-refractivity contribution in [2.45, 2.75) is 25.9 Å². The SMILES string of the molecule is CC(C)(Oc1ccc(C=O)cc1)C(=O)NCCc1ccncc1. The highest BCUT2D eigenvalue weighted by Crippen LogP contribution is 2.19. The van der Waals surface area contributed by atoms with Crippen LogP contribution in [-0.2, 0) is 11.2 Å². The predicted molar refractivity (Wildman–Crippen MR) is 87.5 cm³/mol. The maximum Gasteiger partial charge on any atom is 0.263 e. The number of aromatic nitrogens is 1. The average Bonchev–Trinajstić information content (AvgIpc) is 2.56. The van der Waals surface area contributed by atoms with Crippen molar-refractivity contribution in [1.29, 1.82) is 0 Å². The van der Waals surface area contributed by atoms with E-state index in [1.807, 2.05) is 12.1 Å². The zero-order valence-corrected chi connectivity index (χ0v) is 13.3. The molecule has 1 aromatic heterocycles. The molecule has 0 bridgehead atoms. The van der Waals surface area contributed by atoms with E-state index >= 15 is 0 Å². The molecule has 2 rings (SSSR count). The molecular formula is C18H20N2O3. The van der Waals surface area contributed by atoms with Crippen LogP contribution in [0.3, 0.4) is 0 Å². The molecule has 2 aromatic rings. The lowest BCUT2D eigenvalue weighted by molar-refractivity contribution is -0.134. The van der Waals surface area contributed by atoms with Gasteiger partial charge in [-0.3, -0.25) is 14.6 Å². The molecule has 0 radical (unpaired) electrons. The lowest BCUT2D eigenvalue weighted by Gasteiger charge is -2.25. The van der Waals surface area contributed by atoms with Crippen LogP contribution in [0.15, 0.2) is 48.8 Å². The molecule has 0 aliphatic rings. The normalized spacial score (nSPS) is 10.9. The Kier molecular flexibility index (Phi) is 5.46. The number of hydrogen-bond acceptors (Lipinski definition) is 4. The maximum atomic E-state index is 12.3. The fraction of sp³-hybridized carbons (Fsp3) is 0.278. The van der Waals surface area contributed by atoms with Gasteiger partial charge in [-0.2, -0.15) is 0 Å². The average molecular weight is 312 g/mol. The van der Waals surface area contributed by atoms with Gasteiger partial charge >= 0.3 is 0 Å². The summed E-state index contributed by atoms with van der Waals surface area (Å²) < 4.78 is 5.73. The van der Waals surface area contributed by atoms with Crippen LogP contribution >= 0.6 is 0 Å².